The van der Waals surface area contributed by atoms with Crippen molar-refractivity contribution in [3.05, 3.63) is 77.9 Å². The lowest BCUT2D eigenvalue weighted by molar-refractivity contribution is 0.149. The first-order valence-electron chi connectivity index (χ1n) is 5.99. The molecule has 0 heterocycles. The third-order valence-corrected chi connectivity index (χ3v) is 2.64. The van der Waals surface area contributed by atoms with E-state index in [4.69, 9.17) is 10.5 Å². The maximum Gasteiger partial charge on any atom is 0.0721 e. The summed E-state index contributed by atoms with van der Waals surface area (Å²) in [7, 11) is 0. The van der Waals surface area contributed by atoms with Crippen LogP contribution in [0.2, 0.25) is 0 Å². The highest BCUT2D eigenvalue weighted by atomic mass is 16.5. The number of ether oxygens (including phenoxy) is 1. The molecule has 0 atom stereocenters. The molecule has 0 unspecified atom stereocenters. The van der Waals surface area contributed by atoms with Gasteiger partial charge in [-0.25, -0.2) is 0 Å². The molecule has 0 amide bonds. The second-order valence-electron chi connectivity index (χ2n) is 4.03. The van der Waals surface area contributed by atoms with Crippen LogP contribution in [0.4, 0.5) is 0 Å². The van der Waals surface area contributed by atoms with E-state index in [1.807, 2.05) is 66.7 Å². The fraction of sp³-hybridized carbons (Fsp3) is 0.125. The van der Waals surface area contributed by atoms with Crippen molar-refractivity contribution < 1.29 is 4.74 Å². The summed E-state index contributed by atoms with van der Waals surface area (Å²) in [5, 5.41) is 0. The first kappa shape index (κ1) is 12.4. The Hall–Kier alpha value is -2.06. The van der Waals surface area contributed by atoms with Crippen LogP contribution in [0.25, 0.3) is 5.70 Å². The van der Waals surface area contributed by atoms with Crippen LogP contribution in [0.1, 0.15) is 11.1 Å². The van der Waals surface area contributed by atoms with Gasteiger partial charge in [-0.2, -0.15) is 0 Å². The second-order valence-corrected chi connectivity index (χ2v) is 4.03. The number of nitrogens with two attached hydrogens (primary N) is 1. The Kier molecular flexibility index (Phi) is 4.56. The van der Waals surface area contributed by atoms with E-state index in [2.05, 4.69) is 0 Å². The van der Waals surface area contributed by atoms with Gasteiger partial charge in [-0.15, -0.1) is 0 Å². The van der Waals surface area contributed by atoms with Crippen LogP contribution in [0.5, 0.6) is 0 Å². The monoisotopic (exact) mass is 239 g/mol. The minimum atomic E-state index is 0.523. The molecule has 2 N–H and O–H groups in total. The lowest BCUT2D eigenvalue weighted by Crippen LogP contribution is -1.99. The number of hydrogen-bond acceptors (Lipinski definition) is 2. The molecule has 2 aromatic carbocycles. The zero-order chi connectivity index (χ0) is 12.6. The lowest BCUT2D eigenvalue weighted by atomic mass is 10.1. The quantitative estimate of drug-likeness (QED) is 0.813. The van der Waals surface area contributed by atoms with E-state index in [1.54, 1.807) is 0 Å². The molecule has 0 aliphatic carbocycles. The maximum absolute atomic E-state index is 5.96. The van der Waals surface area contributed by atoms with Gasteiger partial charge in [0.1, 0.15) is 0 Å². The van der Waals surface area contributed by atoms with Gasteiger partial charge in [0.05, 0.1) is 13.2 Å². The van der Waals surface area contributed by atoms with Gasteiger partial charge < -0.3 is 10.5 Å². The minimum absolute atomic E-state index is 0.523. The van der Waals surface area contributed by atoms with Gasteiger partial charge in [0, 0.05) is 5.70 Å². The van der Waals surface area contributed by atoms with E-state index < -0.39 is 0 Å². The molecule has 18 heavy (non-hydrogen) atoms. The van der Waals surface area contributed by atoms with Gasteiger partial charge in [-0.3, -0.25) is 0 Å². The van der Waals surface area contributed by atoms with Crippen LogP contribution in [0.15, 0.2) is 66.7 Å². The molecule has 92 valence electrons. The van der Waals surface area contributed by atoms with Crippen LogP contribution < -0.4 is 5.73 Å². The van der Waals surface area contributed by atoms with Crippen molar-refractivity contribution in [2.45, 2.75) is 6.61 Å². The lowest BCUT2D eigenvalue weighted by Gasteiger charge is -2.03. The van der Waals surface area contributed by atoms with Crippen molar-refractivity contribution >= 4 is 5.70 Å². The average molecular weight is 239 g/mol. The maximum atomic E-state index is 5.96. The smallest absolute Gasteiger partial charge is 0.0721 e. The molecule has 0 aromatic heterocycles. The number of hydrogen-bond donors (Lipinski definition) is 1. The van der Waals surface area contributed by atoms with Gasteiger partial charge in [0.2, 0.25) is 0 Å². The highest BCUT2D eigenvalue weighted by Crippen LogP contribution is 2.07. The Bertz CT molecular complexity index is 491. The molecule has 0 saturated carbocycles. The first-order valence-corrected chi connectivity index (χ1v) is 5.99. The summed E-state index contributed by atoms with van der Waals surface area (Å²) in [6, 6.07) is 20.0. The normalized spacial score (nSPS) is 11.4. The minimum Gasteiger partial charge on any atom is -0.398 e. The molecular weight excluding hydrogens is 222 g/mol. The fourth-order valence-electron chi connectivity index (χ4n) is 1.65. The van der Waals surface area contributed by atoms with Gasteiger partial charge >= 0.3 is 0 Å². The van der Waals surface area contributed by atoms with Gasteiger partial charge in [-0.1, -0.05) is 60.7 Å². The average Bonchev–Trinajstić information content (AvgIpc) is 2.45. The third kappa shape index (κ3) is 3.75. The predicted molar refractivity (Wildman–Crippen MR) is 74.7 cm³/mol. The van der Waals surface area contributed by atoms with E-state index >= 15 is 0 Å². The second kappa shape index (κ2) is 6.62. The summed E-state index contributed by atoms with van der Waals surface area (Å²) in [6.45, 7) is 1.13. The molecule has 0 aliphatic rings. The Labute approximate surface area is 108 Å². The van der Waals surface area contributed by atoms with Gasteiger partial charge in [0.25, 0.3) is 0 Å². The van der Waals surface area contributed by atoms with Crippen LogP contribution in [0, 0.1) is 0 Å². The molecule has 0 fully saturated rings. The molecule has 0 saturated heterocycles. The van der Waals surface area contributed by atoms with E-state index in [0.717, 1.165) is 11.3 Å². The summed E-state index contributed by atoms with van der Waals surface area (Å²) < 4.78 is 5.56. The first-order chi connectivity index (χ1) is 8.86. The third-order valence-electron chi connectivity index (χ3n) is 2.64. The van der Waals surface area contributed by atoms with Crippen LogP contribution >= 0.6 is 0 Å². The molecule has 2 nitrogen and oxygen atoms in total. The summed E-state index contributed by atoms with van der Waals surface area (Å²) >= 11 is 0. The van der Waals surface area contributed by atoms with Crippen molar-refractivity contribution in [3.63, 3.8) is 0 Å². The van der Waals surface area contributed by atoms with E-state index in [-0.39, 0.29) is 0 Å². The van der Waals surface area contributed by atoms with Crippen LogP contribution in [-0.2, 0) is 11.3 Å². The zero-order valence-corrected chi connectivity index (χ0v) is 10.3. The largest absolute Gasteiger partial charge is 0.398 e. The molecule has 2 heteroatoms. The molecular formula is C16H17NO. The highest BCUT2D eigenvalue weighted by molar-refractivity contribution is 5.62. The van der Waals surface area contributed by atoms with Gasteiger partial charge in [0.15, 0.2) is 0 Å². The summed E-state index contributed by atoms with van der Waals surface area (Å²) in [4.78, 5) is 0. The number of benzene rings is 2. The highest BCUT2D eigenvalue weighted by Gasteiger charge is 1.94. The SMILES string of the molecule is N/C(=C/COCc1ccccc1)c1ccccc1. The van der Waals surface area contributed by atoms with Crippen molar-refractivity contribution in [1.29, 1.82) is 0 Å². The molecule has 0 spiro atoms. The van der Waals surface area contributed by atoms with Crippen molar-refractivity contribution in [2.24, 2.45) is 5.73 Å². The van der Waals surface area contributed by atoms with E-state index in [0.29, 0.717) is 13.2 Å². The zero-order valence-electron chi connectivity index (χ0n) is 10.3. The van der Waals surface area contributed by atoms with Crippen LogP contribution in [-0.4, -0.2) is 6.61 Å². The molecule has 2 rings (SSSR count). The summed E-state index contributed by atoms with van der Waals surface area (Å²) in [5.41, 5.74) is 8.91. The van der Waals surface area contributed by atoms with Crippen LogP contribution in [0.3, 0.4) is 0 Å². The summed E-state index contributed by atoms with van der Waals surface area (Å²) in [6.07, 6.45) is 1.90. The van der Waals surface area contributed by atoms with E-state index in [9.17, 15) is 0 Å². The van der Waals surface area contributed by atoms with Gasteiger partial charge in [-0.05, 0) is 17.2 Å². The van der Waals surface area contributed by atoms with E-state index in [1.165, 1.54) is 5.56 Å². The topological polar surface area (TPSA) is 35.2 Å². The Balaban J connectivity index is 1.81. The molecule has 0 aliphatic heterocycles. The molecule has 0 radical (unpaired) electrons. The Morgan fingerprint density at radius 3 is 2.22 bits per heavy atom. The number of rotatable bonds is 5. The molecule has 0 bridgehead atoms. The molecule has 2 aromatic rings. The Morgan fingerprint density at radius 2 is 1.56 bits per heavy atom. The van der Waals surface area contributed by atoms with Crippen molar-refractivity contribution in [3.8, 4) is 0 Å². The predicted octanol–water partition coefficient (Wildman–Crippen LogP) is 3.20. The Morgan fingerprint density at radius 1 is 0.944 bits per heavy atom. The summed E-state index contributed by atoms with van der Waals surface area (Å²) in [5.74, 6) is 0. The fourth-order valence-corrected chi connectivity index (χ4v) is 1.65. The van der Waals surface area contributed by atoms with Crippen molar-refractivity contribution in [1.82, 2.24) is 0 Å². The van der Waals surface area contributed by atoms with Crippen molar-refractivity contribution in [2.75, 3.05) is 6.61 Å². The standard InChI is InChI=1S/C16H17NO/c17-16(15-9-5-2-6-10-15)11-12-18-13-14-7-3-1-4-8-14/h1-11H,12-13,17H2/b16-11+.